The van der Waals surface area contributed by atoms with Gasteiger partial charge in [0, 0.05) is 2.85 Å². The molecule has 0 N–H and O–H groups in total. The summed E-state index contributed by atoms with van der Waals surface area (Å²) in [6, 6.07) is 17.4. The second-order valence-corrected chi connectivity index (χ2v) is 11.3. The van der Waals surface area contributed by atoms with Gasteiger partial charge in [0.1, 0.15) is 11.5 Å². The van der Waals surface area contributed by atoms with Crippen molar-refractivity contribution in [1.29, 1.82) is 0 Å². The molecule has 2 aromatic rings. The molecule has 2 nitrogen and oxygen atoms in total. The molecule has 0 bridgehead atoms. The number of ether oxygens (including phenoxy) is 2. The van der Waals surface area contributed by atoms with Crippen LogP contribution in [0.2, 0.25) is 0 Å². The molecule has 0 heterocycles. The number of hydrogen-bond acceptors (Lipinski definition) is 2. The van der Waals surface area contributed by atoms with E-state index in [1.54, 1.807) is 14.2 Å². The Morgan fingerprint density at radius 3 is 1.33 bits per heavy atom. The van der Waals surface area contributed by atoms with Crippen molar-refractivity contribution in [2.75, 3.05) is 14.2 Å². The maximum atomic E-state index is 5.23. The quantitative estimate of drug-likeness (QED) is 0.304. The molecule has 0 aliphatic heterocycles. The predicted molar refractivity (Wildman–Crippen MR) is 159 cm³/mol. The fourth-order valence-corrected chi connectivity index (χ4v) is 6.41. The fourth-order valence-electron chi connectivity index (χ4n) is 6.41. The third-order valence-corrected chi connectivity index (χ3v) is 8.78. The molecule has 2 aliphatic carbocycles. The highest BCUT2D eigenvalue weighted by Crippen LogP contribution is 2.39. The lowest BCUT2D eigenvalue weighted by Gasteiger charge is -2.29. The van der Waals surface area contributed by atoms with Crippen LogP contribution < -0.4 is 9.47 Å². The van der Waals surface area contributed by atoms with Gasteiger partial charge < -0.3 is 9.47 Å². The largest absolute Gasteiger partial charge is 0.497 e. The first kappa shape index (κ1) is 28.6. The van der Waals surface area contributed by atoms with E-state index in [0.29, 0.717) is 0 Å². The highest BCUT2D eigenvalue weighted by atomic mass is 16.5. The van der Waals surface area contributed by atoms with Crippen LogP contribution in [0.3, 0.4) is 0 Å². The zero-order chi connectivity index (χ0) is 25.6. The van der Waals surface area contributed by atoms with Crippen LogP contribution in [0, 0.1) is 11.8 Å². The van der Waals surface area contributed by atoms with Gasteiger partial charge in [0.15, 0.2) is 0 Å². The van der Waals surface area contributed by atoms with Gasteiger partial charge in [0.2, 0.25) is 0 Å². The zero-order valence-electron chi connectivity index (χ0n) is 23.6. The van der Waals surface area contributed by atoms with Gasteiger partial charge >= 0.3 is 0 Å². The molecule has 0 unspecified atom stereocenters. The summed E-state index contributed by atoms with van der Waals surface area (Å²) in [5.74, 6) is 5.50. The molecule has 204 valence electrons. The molecule has 0 amide bonds. The molecule has 2 aliphatic rings. The summed E-state index contributed by atoms with van der Waals surface area (Å²) in [6.45, 7) is 4.59. The molecule has 0 spiro atoms. The second kappa shape index (κ2) is 16.0. The maximum absolute atomic E-state index is 5.23. The molecule has 0 saturated heterocycles. The lowest BCUT2D eigenvalue weighted by atomic mass is 9.77. The standard InChI is InChI=1S/C18H28O.C16H24O.2H2/c1-3-4-5-6-15-7-9-16(10-8-15)17-11-13-18(19-2)14-12-17;1-3-4-13-5-7-14(8-6-13)15-9-11-16(17-2)12-10-15;;/h11-16H,3-10H2,1-2H3;9-14H,3-8H2,1-2H3;2*1H. The third-order valence-electron chi connectivity index (χ3n) is 8.78. The highest BCUT2D eigenvalue weighted by Gasteiger charge is 2.22. The van der Waals surface area contributed by atoms with Gasteiger partial charge in [-0.2, -0.15) is 0 Å². The van der Waals surface area contributed by atoms with E-state index in [1.807, 2.05) is 0 Å². The SMILES string of the molecule is CCCC1CCC(c2ccc(OC)cc2)CC1.CCCCCC1CCC(c2ccc(OC)cc2)CC1.[HH].[HH]. The van der Waals surface area contributed by atoms with Crippen LogP contribution >= 0.6 is 0 Å². The van der Waals surface area contributed by atoms with Crippen molar-refractivity contribution < 1.29 is 12.3 Å². The van der Waals surface area contributed by atoms with E-state index >= 15 is 0 Å². The first-order valence-electron chi connectivity index (χ1n) is 14.9. The second-order valence-electron chi connectivity index (χ2n) is 11.3. The molecule has 2 saturated carbocycles. The number of unbranched alkanes of at least 4 members (excludes halogenated alkanes) is 2. The van der Waals surface area contributed by atoms with Gasteiger partial charge in [-0.25, -0.2) is 0 Å². The van der Waals surface area contributed by atoms with E-state index in [2.05, 4.69) is 62.4 Å². The van der Waals surface area contributed by atoms with Crippen LogP contribution in [-0.2, 0) is 0 Å². The summed E-state index contributed by atoms with van der Waals surface area (Å²) >= 11 is 0. The molecule has 0 aromatic heterocycles. The Balaban J connectivity index is 0.000000363. The molecule has 2 aromatic carbocycles. The van der Waals surface area contributed by atoms with Crippen LogP contribution in [0.5, 0.6) is 11.5 Å². The summed E-state index contributed by atoms with van der Waals surface area (Å²) in [6.07, 6.45) is 19.6. The van der Waals surface area contributed by atoms with E-state index in [4.69, 9.17) is 9.47 Å². The van der Waals surface area contributed by atoms with E-state index in [0.717, 1.165) is 35.2 Å². The molecular formula is C34H56O2. The van der Waals surface area contributed by atoms with Crippen molar-refractivity contribution in [3.8, 4) is 11.5 Å². The summed E-state index contributed by atoms with van der Waals surface area (Å²) in [5, 5.41) is 0. The minimum atomic E-state index is 0. The van der Waals surface area contributed by atoms with E-state index in [1.165, 1.54) is 101 Å². The van der Waals surface area contributed by atoms with Gasteiger partial charge in [-0.3, -0.25) is 0 Å². The molecule has 36 heavy (non-hydrogen) atoms. The van der Waals surface area contributed by atoms with Crippen molar-refractivity contribution >= 4 is 0 Å². The number of hydrogen-bond donors (Lipinski definition) is 0. The number of rotatable bonds is 10. The van der Waals surface area contributed by atoms with Crippen LogP contribution in [0.15, 0.2) is 48.5 Å². The van der Waals surface area contributed by atoms with Gasteiger partial charge in [0.25, 0.3) is 0 Å². The van der Waals surface area contributed by atoms with E-state index in [9.17, 15) is 0 Å². The van der Waals surface area contributed by atoms with Gasteiger partial charge in [-0.05, 0) is 110 Å². The minimum absolute atomic E-state index is 0. The van der Waals surface area contributed by atoms with Crippen molar-refractivity contribution in [2.45, 2.75) is 116 Å². The summed E-state index contributed by atoms with van der Waals surface area (Å²) < 4.78 is 10.4. The zero-order valence-corrected chi connectivity index (χ0v) is 23.6. The molecule has 0 atom stereocenters. The average molecular weight is 497 g/mol. The maximum Gasteiger partial charge on any atom is 0.118 e. The normalized spacial score (nSPS) is 23.9. The van der Waals surface area contributed by atoms with Crippen LogP contribution in [0.25, 0.3) is 0 Å². The molecule has 2 heteroatoms. The van der Waals surface area contributed by atoms with Gasteiger partial charge in [-0.1, -0.05) is 76.6 Å². The predicted octanol–water partition coefficient (Wildman–Crippen LogP) is 10.8. The number of methoxy groups -OCH3 is 2. The van der Waals surface area contributed by atoms with Crippen molar-refractivity contribution in [3.63, 3.8) is 0 Å². The monoisotopic (exact) mass is 496 g/mol. The lowest BCUT2D eigenvalue weighted by molar-refractivity contribution is 0.302. The van der Waals surface area contributed by atoms with Crippen LogP contribution in [0.1, 0.15) is 130 Å². The molecule has 2 fully saturated rings. The smallest absolute Gasteiger partial charge is 0.118 e. The topological polar surface area (TPSA) is 18.5 Å². The molecule has 4 rings (SSSR count). The number of benzene rings is 2. The Labute approximate surface area is 225 Å². The Morgan fingerprint density at radius 1 is 0.556 bits per heavy atom. The lowest BCUT2D eigenvalue weighted by Crippen LogP contribution is -2.13. The molecule has 0 radical (unpaired) electrons. The first-order chi connectivity index (χ1) is 17.7. The Hall–Kier alpha value is -1.96. The highest BCUT2D eigenvalue weighted by molar-refractivity contribution is 5.30. The first-order valence-corrected chi connectivity index (χ1v) is 14.9. The van der Waals surface area contributed by atoms with Crippen molar-refractivity contribution in [3.05, 3.63) is 59.7 Å². The summed E-state index contributed by atoms with van der Waals surface area (Å²) in [7, 11) is 3.46. The molecular weight excluding hydrogens is 440 g/mol. The Bertz CT molecular complexity index is 821. The van der Waals surface area contributed by atoms with Crippen LogP contribution in [0.4, 0.5) is 0 Å². The van der Waals surface area contributed by atoms with Gasteiger partial charge in [-0.15, -0.1) is 0 Å². The van der Waals surface area contributed by atoms with E-state index in [-0.39, 0.29) is 2.85 Å². The Morgan fingerprint density at radius 2 is 0.972 bits per heavy atom. The summed E-state index contributed by atoms with van der Waals surface area (Å²) in [4.78, 5) is 0. The van der Waals surface area contributed by atoms with Gasteiger partial charge in [0.05, 0.1) is 14.2 Å². The van der Waals surface area contributed by atoms with Crippen LogP contribution in [-0.4, -0.2) is 14.2 Å². The average Bonchev–Trinajstić information content (AvgIpc) is 2.95. The Kier molecular flexibility index (Phi) is 12.7. The van der Waals surface area contributed by atoms with E-state index < -0.39 is 0 Å². The minimum Gasteiger partial charge on any atom is -0.497 e. The summed E-state index contributed by atoms with van der Waals surface area (Å²) in [5.41, 5.74) is 3.01. The van der Waals surface area contributed by atoms with Crippen molar-refractivity contribution in [1.82, 2.24) is 0 Å². The third kappa shape index (κ3) is 9.16. The van der Waals surface area contributed by atoms with Crippen molar-refractivity contribution in [2.24, 2.45) is 11.8 Å². The fraction of sp³-hybridized carbons (Fsp3) is 0.647.